The predicted molar refractivity (Wildman–Crippen MR) is 62.3 cm³/mol. The molecule has 3 nitrogen and oxygen atoms in total. The molecule has 1 aromatic heterocycles. The zero-order valence-electron chi connectivity index (χ0n) is 9.11. The first kappa shape index (κ1) is 11.0. The van der Waals surface area contributed by atoms with Gasteiger partial charge in [-0.1, -0.05) is 6.92 Å². The monoisotopic (exact) mass is 226 g/mol. The molecule has 84 valence electrons. The Hall–Kier alpha value is -0.450. The quantitative estimate of drug-likeness (QED) is 0.832. The fourth-order valence-electron chi connectivity index (χ4n) is 2.08. The highest BCUT2D eigenvalue weighted by molar-refractivity contribution is 7.09. The second-order valence-electron chi connectivity index (χ2n) is 3.89. The van der Waals surface area contributed by atoms with Gasteiger partial charge in [-0.05, 0) is 19.4 Å². The lowest BCUT2D eigenvalue weighted by atomic mass is 10.0. The number of nitrogens with one attached hydrogen (secondary N) is 1. The smallest absolute Gasteiger partial charge is 0.0794 e. The zero-order valence-corrected chi connectivity index (χ0v) is 9.93. The van der Waals surface area contributed by atoms with Crippen molar-refractivity contribution in [2.45, 2.75) is 38.3 Å². The number of ether oxygens (including phenoxy) is 1. The van der Waals surface area contributed by atoms with E-state index >= 15 is 0 Å². The topological polar surface area (TPSA) is 34.2 Å². The van der Waals surface area contributed by atoms with E-state index in [1.807, 2.05) is 11.7 Å². The van der Waals surface area contributed by atoms with E-state index < -0.39 is 0 Å². The van der Waals surface area contributed by atoms with Crippen LogP contribution >= 0.6 is 11.3 Å². The second-order valence-corrected chi connectivity index (χ2v) is 4.86. The second kappa shape index (κ2) is 5.58. The number of likely N-dealkylation sites (N-methyl/N-ethyl adjacent to an activating group) is 1. The van der Waals surface area contributed by atoms with Crippen LogP contribution in [-0.4, -0.2) is 30.3 Å². The van der Waals surface area contributed by atoms with E-state index in [2.05, 4.69) is 17.2 Å². The van der Waals surface area contributed by atoms with Crippen LogP contribution < -0.4 is 5.32 Å². The lowest BCUT2D eigenvalue weighted by Crippen LogP contribution is -2.41. The highest BCUT2D eigenvalue weighted by Crippen LogP contribution is 2.19. The van der Waals surface area contributed by atoms with Crippen molar-refractivity contribution in [3.05, 3.63) is 16.6 Å². The van der Waals surface area contributed by atoms with Gasteiger partial charge in [0.1, 0.15) is 0 Å². The van der Waals surface area contributed by atoms with E-state index in [1.54, 1.807) is 11.3 Å². The van der Waals surface area contributed by atoms with Crippen LogP contribution in [0.25, 0.3) is 0 Å². The van der Waals surface area contributed by atoms with E-state index in [-0.39, 0.29) is 0 Å². The van der Waals surface area contributed by atoms with Crippen molar-refractivity contribution in [1.82, 2.24) is 10.3 Å². The van der Waals surface area contributed by atoms with Crippen LogP contribution in [0.2, 0.25) is 0 Å². The molecule has 2 heterocycles. The van der Waals surface area contributed by atoms with Crippen LogP contribution in [-0.2, 0) is 11.2 Å². The normalized spacial score (nSPS) is 23.1. The van der Waals surface area contributed by atoms with E-state index in [0.717, 1.165) is 19.6 Å². The Morgan fingerprint density at radius 2 is 2.67 bits per heavy atom. The van der Waals surface area contributed by atoms with Gasteiger partial charge in [-0.25, -0.2) is 0 Å². The summed E-state index contributed by atoms with van der Waals surface area (Å²) in [5, 5.41) is 3.52. The molecule has 1 aromatic rings. The molecule has 1 saturated heterocycles. The Labute approximate surface area is 94.9 Å². The fourth-order valence-corrected chi connectivity index (χ4v) is 2.73. The van der Waals surface area contributed by atoms with Crippen molar-refractivity contribution < 1.29 is 4.74 Å². The summed E-state index contributed by atoms with van der Waals surface area (Å²) >= 11 is 1.73. The van der Waals surface area contributed by atoms with Crippen LogP contribution in [0, 0.1) is 0 Å². The molecule has 0 bridgehead atoms. The van der Waals surface area contributed by atoms with Crippen molar-refractivity contribution >= 4 is 11.3 Å². The standard InChI is InChI=1S/C11H18N2OS/c1-2-13-10(11-4-3-5-14-11)6-9-7-12-8-15-9/h7-8,10-11,13H,2-6H2,1H3. The molecule has 0 aliphatic carbocycles. The number of nitrogens with zero attached hydrogens (tertiary/aromatic N) is 1. The molecule has 2 atom stereocenters. The minimum absolute atomic E-state index is 0.395. The fraction of sp³-hybridized carbons (Fsp3) is 0.727. The largest absolute Gasteiger partial charge is 0.377 e. The van der Waals surface area contributed by atoms with Crippen molar-refractivity contribution in [3.8, 4) is 0 Å². The molecule has 1 aliphatic heterocycles. The van der Waals surface area contributed by atoms with Gasteiger partial charge < -0.3 is 10.1 Å². The zero-order chi connectivity index (χ0) is 10.5. The molecule has 0 radical (unpaired) electrons. The summed E-state index contributed by atoms with van der Waals surface area (Å²) in [5.74, 6) is 0. The molecule has 2 unspecified atom stereocenters. The first-order valence-corrected chi connectivity index (χ1v) is 6.50. The molecule has 4 heteroatoms. The molecule has 1 N–H and O–H groups in total. The average Bonchev–Trinajstić information content (AvgIpc) is 2.89. The third-order valence-corrected chi connectivity index (χ3v) is 3.59. The van der Waals surface area contributed by atoms with Crippen LogP contribution in [0.15, 0.2) is 11.7 Å². The van der Waals surface area contributed by atoms with Gasteiger partial charge in [-0.3, -0.25) is 4.98 Å². The number of rotatable bonds is 5. The SMILES string of the molecule is CCNC(Cc1cncs1)C1CCCO1. The van der Waals surface area contributed by atoms with Gasteiger partial charge in [0.15, 0.2) is 0 Å². The van der Waals surface area contributed by atoms with Crippen LogP contribution in [0.4, 0.5) is 0 Å². The molecule has 0 amide bonds. The number of hydrogen-bond donors (Lipinski definition) is 1. The van der Waals surface area contributed by atoms with Gasteiger partial charge in [-0.2, -0.15) is 0 Å². The molecule has 2 rings (SSSR count). The van der Waals surface area contributed by atoms with Gasteiger partial charge in [-0.15, -0.1) is 11.3 Å². The maximum atomic E-state index is 5.74. The van der Waals surface area contributed by atoms with Gasteiger partial charge >= 0.3 is 0 Å². The third kappa shape index (κ3) is 3.00. The first-order valence-electron chi connectivity index (χ1n) is 5.62. The summed E-state index contributed by atoms with van der Waals surface area (Å²) in [6, 6.07) is 0.456. The molecule has 1 aliphatic rings. The lowest BCUT2D eigenvalue weighted by molar-refractivity contribution is 0.0791. The molecule has 0 spiro atoms. The van der Waals surface area contributed by atoms with Gasteiger partial charge in [0.05, 0.1) is 11.6 Å². The summed E-state index contributed by atoms with van der Waals surface area (Å²) in [7, 11) is 0. The van der Waals surface area contributed by atoms with Crippen molar-refractivity contribution in [3.63, 3.8) is 0 Å². The van der Waals surface area contributed by atoms with Crippen molar-refractivity contribution in [2.75, 3.05) is 13.2 Å². The van der Waals surface area contributed by atoms with Gasteiger partial charge in [0, 0.05) is 30.1 Å². The minimum Gasteiger partial charge on any atom is -0.377 e. The summed E-state index contributed by atoms with van der Waals surface area (Å²) in [6.07, 6.45) is 5.80. The Morgan fingerprint density at radius 1 is 1.73 bits per heavy atom. The van der Waals surface area contributed by atoms with Gasteiger partial charge in [0.25, 0.3) is 0 Å². The summed E-state index contributed by atoms with van der Waals surface area (Å²) in [4.78, 5) is 5.46. The summed E-state index contributed by atoms with van der Waals surface area (Å²) in [5.41, 5.74) is 1.90. The molecule has 0 aromatic carbocycles. The Morgan fingerprint density at radius 3 is 3.27 bits per heavy atom. The molecule has 0 saturated carbocycles. The highest BCUT2D eigenvalue weighted by atomic mass is 32.1. The molecule has 15 heavy (non-hydrogen) atoms. The minimum atomic E-state index is 0.395. The highest BCUT2D eigenvalue weighted by Gasteiger charge is 2.25. The van der Waals surface area contributed by atoms with E-state index in [9.17, 15) is 0 Å². The van der Waals surface area contributed by atoms with Gasteiger partial charge in [0.2, 0.25) is 0 Å². The predicted octanol–water partition coefficient (Wildman–Crippen LogP) is 1.84. The first-order chi connectivity index (χ1) is 7.40. The maximum absolute atomic E-state index is 5.74. The molecular weight excluding hydrogens is 208 g/mol. The van der Waals surface area contributed by atoms with Crippen LogP contribution in [0.1, 0.15) is 24.6 Å². The Balaban J connectivity index is 1.93. The van der Waals surface area contributed by atoms with Crippen LogP contribution in [0.3, 0.4) is 0 Å². The average molecular weight is 226 g/mol. The number of thiazole rings is 1. The maximum Gasteiger partial charge on any atom is 0.0794 e. The van der Waals surface area contributed by atoms with Crippen LogP contribution in [0.5, 0.6) is 0 Å². The number of hydrogen-bond acceptors (Lipinski definition) is 4. The van der Waals surface area contributed by atoms with E-state index in [1.165, 1.54) is 17.7 Å². The van der Waals surface area contributed by atoms with Crippen molar-refractivity contribution in [1.29, 1.82) is 0 Å². The lowest BCUT2D eigenvalue weighted by Gasteiger charge is -2.23. The third-order valence-electron chi connectivity index (χ3n) is 2.78. The Kier molecular flexibility index (Phi) is 4.11. The Bertz CT molecular complexity index is 270. The van der Waals surface area contributed by atoms with E-state index in [4.69, 9.17) is 4.74 Å². The van der Waals surface area contributed by atoms with Crippen molar-refractivity contribution in [2.24, 2.45) is 0 Å². The number of aromatic nitrogens is 1. The summed E-state index contributed by atoms with van der Waals surface area (Å²) in [6.45, 7) is 4.08. The molecular formula is C11H18N2OS. The van der Waals surface area contributed by atoms with E-state index in [0.29, 0.717) is 12.1 Å². The summed E-state index contributed by atoms with van der Waals surface area (Å²) < 4.78 is 5.74. The molecule has 1 fully saturated rings.